The molecule has 2 aromatic heterocycles. The summed E-state index contributed by atoms with van der Waals surface area (Å²) in [6.07, 6.45) is 4.71. The summed E-state index contributed by atoms with van der Waals surface area (Å²) in [4.78, 5) is 7.94. The van der Waals surface area contributed by atoms with Gasteiger partial charge in [0.25, 0.3) is 0 Å². The molecule has 2 heterocycles. The molecule has 6 heteroatoms. The second-order valence-corrected chi connectivity index (χ2v) is 3.29. The lowest BCUT2D eigenvalue weighted by Crippen LogP contribution is -1.92. The molecular formula is C9H6ClN5. The van der Waals surface area contributed by atoms with Crippen LogP contribution in [0.2, 0.25) is 5.15 Å². The van der Waals surface area contributed by atoms with Gasteiger partial charge >= 0.3 is 0 Å². The molecule has 5 nitrogen and oxygen atoms in total. The van der Waals surface area contributed by atoms with Gasteiger partial charge in [-0.15, -0.1) is 0 Å². The van der Waals surface area contributed by atoms with Gasteiger partial charge in [-0.25, -0.2) is 9.97 Å². The topological polar surface area (TPSA) is 67.4 Å². The number of hydrogen-bond acceptors (Lipinski definition) is 4. The second-order valence-electron chi connectivity index (χ2n) is 2.90. The van der Waals surface area contributed by atoms with E-state index < -0.39 is 0 Å². The first-order valence-corrected chi connectivity index (χ1v) is 4.50. The minimum absolute atomic E-state index is 0.243. The Morgan fingerprint density at radius 2 is 2.27 bits per heavy atom. The van der Waals surface area contributed by atoms with Crippen LogP contribution >= 0.6 is 11.6 Å². The summed E-state index contributed by atoms with van der Waals surface area (Å²) in [5.74, 6) is 0. The molecule has 0 bridgehead atoms. The van der Waals surface area contributed by atoms with E-state index in [0.29, 0.717) is 5.69 Å². The number of rotatable bonds is 1. The average Bonchev–Trinajstić information content (AvgIpc) is 2.65. The quantitative estimate of drug-likeness (QED) is 0.727. The van der Waals surface area contributed by atoms with Gasteiger partial charge in [0.1, 0.15) is 16.9 Å². The van der Waals surface area contributed by atoms with E-state index in [1.54, 1.807) is 24.1 Å². The maximum absolute atomic E-state index is 8.85. The predicted molar refractivity (Wildman–Crippen MR) is 54.0 cm³/mol. The molecule has 0 N–H and O–H groups in total. The average molecular weight is 220 g/mol. The summed E-state index contributed by atoms with van der Waals surface area (Å²) >= 11 is 5.72. The van der Waals surface area contributed by atoms with E-state index in [2.05, 4.69) is 15.1 Å². The highest BCUT2D eigenvalue weighted by atomic mass is 35.5. The smallest absolute Gasteiger partial charge is 0.167 e. The fraction of sp³-hybridized carbons (Fsp3) is 0.111. The summed E-state index contributed by atoms with van der Waals surface area (Å²) < 4.78 is 1.62. The van der Waals surface area contributed by atoms with Crippen LogP contribution in [0.15, 0.2) is 18.6 Å². The Labute approximate surface area is 91.0 Å². The summed E-state index contributed by atoms with van der Waals surface area (Å²) in [7, 11) is 1.79. The zero-order valence-electron chi connectivity index (χ0n) is 7.85. The van der Waals surface area contributed by atoms with E-state index in [-0.39, 0.29) is 10.8 Å². The van der Waals surface area contributed by atoms with Gasteiger partial charge < -0.3 is 0 Å². The molecule has 0 aromatic carbocycles. The Morgan fingerprint density at radius 3 is 2.87 bits per heavy atom. The van der Waals surface area contributed by atoms with Crippen molar-refractivity contribution >= 4 is 11.6 Å². The molecule has 2 rings (SSSR count). The van der Waals surface area contributed by atoms with Crippen molar-refractivity contribution < 1.29 is 0 Å². The van der Waals surface area contributed by atoms with E-state index in [0.717, 1.165) is 5.56 Å². The molecule has 0 saturated carbocycles. The van der Waals surface area contributed by atoms with Gasteiger partial charge in [-0.3, -0.25) is 4.68 Å². The van der Waals surface area contributed by atoms with Crippen molar-refractivity contribution in [1.82, 2.24) is 19.7 Å². The first kappa shape index (κ1) is 9.62. The third-order valence-corrected chi connectivity index (χ3v) is 2.01. The maximum Gasteiger partial charge on any atom is 0.167 e. The summed E-state index contributed by atoms with van der Waals surface area (Å²) in [6.45, 7) is 0. The van der Waals surface area contributed by atoms with E-state index in [4.69, 9.17) is 16.9 Å². The fourth-order valence-corrected chi connectivity index (χ4v) is 1.33. The van der Waals surface area contributed by atoms with Crippen LogP contribution in [0.25, 0.3) is 11.3 Å². The maximum atomic E-state index is 8.85. The highest BCUT2D eigenvalue weighted by Gasteiger charge is 2.10. The first-order chi connectivity index (χ1) is 7.20. The van der Waals surface area contributed by atoms with Gasteiger partial charge in [-0.1, -0.05) is 11.6 Å². The Balaban J connectivity index is 2.61. The second kappa shape index (κ2) is 3.67. The number of nitriles is 1. The van der Waals surface area contributed by atoms with Crippen molar-refractivity contribution in [2.45, 2.75) is 0 Å². The van der Waals surface area contributed by atoms with E-state index in [9.17, 15) is 0 Å². The van der Waals surface area contributed by atoms with Gasteiger partial charge in [0.05, 0.1) is 12.4 Å². The lowest BCUT2D eigenvalue weighted by atomic mass is 10.2. The van der Waals surface area contributed by atoms with Gasteiger partial charge in [0.2, 0.25) is 0 Å². The standard InChI is InChI=1S/C9H6ClN5/c1-15-5-6(3-13-15)9-7(2-11)12-4-8(10)14-9/h3-5H,1H3. The number of aryl methyl sites for hydroxylation is 1. The molecule has 74 valence electrons. The van der Waals surface area contributed by atoms with Crippen molar-refractivity contribution in [1.29, 1.82) is 5.26 Å². The molecule has 0 unspecified atom stereocenters. The highest BCUT2D eigenvalue weighted by molar-refractivity contribution is 6.29. The highest BCUT2D eigenvalue weighted by Crippen LogP contribution is 2.20. The van der Waals surface area contributed by atoms with Crippen LogP contribution in [0.3, 0.4) is 0 Å². The molecule has 0 aliphatic carbocycles. The summed E-state index contributed by atoms with van der Waals surface area (Å²) in [6, 6.07) is 1.96. The summed E-state index contributed by atoms with van der Waals surface area (Å²) in [5.41, 5.74) is 1.43. The Hall–Kier alpha value is -1.93. The van der Waals surface area contributed by atoms with Crippen LogP contribution in [0.4, 0.5) is 0 Å². The van der Waals surface area contributed by atoms with Crippen molar-refractivity contribution in [2.24, 2.45) is 7.05 Å². The monoisotopic (exact) mass is 219 g/mol. The largest absolute Gasteiger partial charge is 0.275 e. The van der Waals surface area contributed by atoms with Crippen LogP contribution in [0.1, 0.15) is 5.69 Å². The van der Waals surface area contributed by atoms with Crippen LogP contribution in [-0.4, -0.2) is 19.7 Å². The lowest BCUT2D eigenvalue weighted by Gasteiger charge is -1.98. The normalized spacial score (nSPS) is 9.93. The summed E-state index contributed by atoms with van der Waals surface area (Å²) in [5, 5.41) is 13.1. The van der Waals surface area contributed by atoms with Gasteiger partial charge in [0, 0.05) is 18.8 Å². The minimum Gasteiger partial charge on any atom is -0.275 e. The number of aromatic nitrogens is 4. The van der Waals surface area contributed by atoms with Gasteiger partial charge in [-0.2, -0.15) is 10.4 Å². The lowest BCUT2D eigenvalue weighted by molar-refractivity contribution is 0.768. The fourth-order valence-electron chi connectivity index (χ4n) is 1.19. The zero-order chi connectivity index (χ0) is 10.8. The van der Waals surface area contributed by atoms with Crippen LogP contribution in [0, 0.1) is 11.3 Å². The zero-order valence-corrected chi connectivity index (χ0v) is 8.60. The Kier molecular flexibility index (Phi) is 2.35. The molecule has 0 aliphatic heterocycles. The number of halogens is 1. The molecule has 0 atom stereocenters. The van der Waals surface area contributed by atoms with Crippen LogP contribution < -0.4 is 0 Å². The molecule has 0 aliphatic rings. The molecule has 0 fully saturated rings. The van der Waals surface area contributed by atoms with Crippen molar-refractivity contribution in [2.75, 3.05) is 0 Å². The molecule has 15 heavy (non-hydrogen) atoms. The van der Waals surface area contributed by atoms with E-state index in [1.807, 2.05) is 6.07 Å². The molecule has 0 spiro atoms. The molecule has 0 amide bonds. The molecular weight excluding hydrogens is 214 g/mol. The SMILES string of the molecule is Cn1cc(-c2nc(Cl)cnc2C#N)cn1. The van der Waals surface area contributed by atoms with E-state index >= 15 is 0 Å². The molecule has 0 saturated heterocycles. The van der Waals surface area contributed by atoms with Gasteiger partial charge in [-0.05, 0) is 0 Å². The van der Waals surface area contributed by atoms with Crippen molar-refractivity contribution in [3.63, 3.8) is 0 Å². The van der Waals surface area contributed by atoms with Crippen LogP contribution in [-0.2, 0) is 7.05 Å². The Bertz CT molecular complexity index is 540. The number of hydrogen-bond donors (Lipinski definition) is 0. The molecule has 2 aromatic rings. The first-order valence-electron chi connectivity index (χ1n) is 4.12. The van der Waals surface area contributed by atoms with Crippen molar-refractivity contribution in [3.8, 4) is 17.3 Å². The van der Waals surface area contributed by atoms with Crippen molar-refractivity contribution in [3.05, 3.63) is 29.4 Å². The van der Waals surface area contributed by atoms with E-state index in [1.165, 1.54) is 6.20 Å². The molecule has 0 radical (unpaired) electrons. The third kappa shape index (κ3) is 1.80. The third-order valence-electron chi connectivity index (χ3n) is 1.83. The Morgan fingerprint density at radius 1 is 1.47 bits per heavy atom. The minimum atomic E-state index is 0.243. The number of nitrogens with zero attached hydrogens (tertiary/aromatic N) is 5. The van der Waals surface area contributed by atoms with Crippen LogP contribution in [0.5, 0.6) is 0 Å². The predicted octanol–water partition coefficient (Wildman–Crippen LogP) is 1.40. The van der Waals surface area contributed by atoms with Gasteiger partial charge in [0.15, 0.2) is 5.69 Å².